The van der Waals surface area contributed by atoms with Gasteiger partial charge in [0.15, 0.2) is 0 Å². The Morgan fingerprint density at radius 3 is 2.67 bits per heavy atom. The molecule has 1 heterocycles. The zero-order chi connectivity index (χ0) is 10.7. The predicted molar refractivity (Wildman–Crippen MR) is 64.0 cm³/mol. The molecule has 2 nitrogen and oxygen atoms in total. The van der Waals surface area contributed by atoms with E-state index in [2.05, 4.69) is 30.1 Å². The summed E-state index contributed by atoms with van der Waals surface area (Å²) < 4.78 is 0. The fraction of sp³-hybridized carbons (Fsp3) is 0.0833. The van der Waals surface area contributed by atoms with Crippen LogP contribution in [-0.2, 0) is 0 Å². The molecular formula is C12H12N2S. The van der Waals surface area contributed by atoms with E-state index in [1.54, 1.807) is 17.8 Å². The van der Waals surface area contributed by atoms with Crippen LogP contribution in [0.5, 0.6) is 0 Å². The molecule has 0 radical (unpaired) electrons. The molecule has 0 saturated heterocycles. The molecule has 3 heteroatoms. The molecule has 15 heavy (non-hydrogen) atoms. The lowest BCUT2D eigenvalue weighted by molar-refractivity contribution is 1.14. The van der Waals surface area contributed by atoms with Gasteiger partial charge in [0, 0.05) is 4.90 Å². The number of rotatable bonds is 2. The van der Waals surface area contributed by atoms with E-state index in [-0.39, 0.29) is 0 Å². The molecule has 0 aliphatic rings. The Morgan fingerprint density at radius 1 is 1.13 bits per heavy atom. The standard InChI is InChI=1S/C12H12N2S/c1-9-4-2-5-10(8-9)15-12-7-3-6-11(13)14-12/h2-8H,1H3,(H2,13,14). The molecule has 0 spiro atoms. The van der Waals surface area contributed by atoms with Crippen LogP contribution < -0.4 is 5.73 Å². The van der Waals surface area contributed by atoms with Gasteiger partial charge in [0.1, 0.15) is 10.8 Å². The van der Waals surface area contributed by atoms with Gasteiger partial charge in [-0.2, -0.15) is 0 Å². The van der Waals surface area contributed by atoms with Gasteiger partial charge in [0.25, 0.3) is 0 Å². The van der Waals surface area contributed by atoms with Crippen molar-refractivity contribution in [3.63, 3.8) is 0 Å². The molecule has 0 aliphatic heterocycles. The Kier molecular flexibility index (Phi) is 2.92. The minimum atomic E-state index is 0.563. The van der Waals surface area contributed by atoms with Gasteiger partial charge in [-0.25, -0.2) is 4.98 Å². The molecular weight excluding hydrogens is 204 g/mol. The minimum absolute atomic E-state index is 0.563. The first-order valence-electron chi connectivity index (χ1n) is 4.71. The maximum atomic E-state index is 5.62. The molecule has 76 valence electrons. The SMILES string of the molecule is Cc1cccc(Sc2cccc(N)n2)c1. The van der Waals surface area contributed by atoms with Crippen molar-refractivity contribution in [2.45, 2.75) is 16.8 Å². The number of nitrogen functional groups attached to an aromatic ring is 1. The summed E-state index contributed by atoms with van der Waals surface area (Å²) in [5.74, 6) is 0.563. The maximum Gasteiger partial charge on any atom is 0.124 e. The van der Waals surface area contributed by atoms with Crippen LogP contribution in [0.3, 0.4) is 0 Å². The normalized spacial score (nSPS) is 10.2. The van der Waals surface area contributed by atoms with Crippen LogP contribution in [0.15, 0.2) is 52.4 Å². The molecule has 1 aromatic heterocycles. The van der Waals surface area contributed by atoms with Crippen LogP contribution in [0, 0.1) is 6.92 Å². The van der Waals surface area contributed by atoms with E-state index < -0.39 is 0 Å². The van der Waals surface area contributed by atoms with Crippen molar-refractivity contribution in [2.75, 3.05) is 5.73 Å². The first-order valence-corrected chi connectivity index (χ1v) is 5.53. The van der Waals surface area contributed by atoms with Crippen molar-refractivity contribution >= 4 is 17.6 Å². The summed E-state index contributed by atoms with van der Waals surface area (Å²) in [6, 6.07) is 14.0. The van der Waals surface area contributed by atoms with Gasteiger partial charge in [-0.1, -0.05) is 35.5 Å². The summed E-state index contributed by atoms with van der Waals surface area (Å²) >= 11 is 1.62. The zero-order valence-electron chi connectivity index (χ0n) is 8.47. The maximum absolute atomic E-state index is 5.62. The van der Waals surface area contributed by atoms with Crippen molar-refractivity contribution in [3.05, 3.63) is 48.0 Å². The summed E-state index contributed by atoms with van der Waals surface area (Å²) in [4.78, 5) is 5.43. The van der Waals surface area contributed by atoms with Crippen LogP contribution in [0.25, 0.3) is 0 Å². The number of hydrogen-bond acceptors (Lipinski definition) is 3. The first kappa shape index (κ1) is 10.1. The second-order valence-corrected chi connectivity index (χ2v) is 4.41. The molecule has 0 fully saturated rings. The number of benzene rings is 1. The summed E-state index contributed by atoms with van der Waals surface area (Å²) in [6.45, 7) is 2.08. The molecule has 1 aromatic carbocycles. The van der Waals surface area contributed by atoms with E-state index in [9.17, 15) is 0 Å². The van der Waals surface area contributed by atoms with Crippen molar-refractivity contribution in [2.24, 2.45) is 0 Å². The average Bonchev–Trinajstić information content (AvgIpc) is 2.17. The molecule has 0 aliphatic carbocycles. The molecule has 0 saturated carbocycles. The molecule has 2 rings (SSSR count). The summed E-state index contributed by atoms with van der Waals surface area (Å²) in [6.07, 6.45) is 0. The lowest BCUT2D eigenvalue weighted by atomic mass is 10.2. The highest BCUT2D eigenvalue weighted by Crippen LogP contribution is 2.26. The lowest BCUT2D eigenvalue weighted by Gasteiger charge is -2.02. The van der Waals surface area contributed by atoms with E-state index in [1.807, 2.05) is 18.2 Å². The van der Waals surface area contributed by atoms with E-state index in [0.29, 0.717) is 5.82 Å². The number of hydrogen-bond donors (Lipinski definition) is 1. The van der Waals surface area contributed by atoms with Crippen molar-refractivity contribution in [1.29, 1.82) is 0 Å². The predicted octanol–water partition coefficient (Wildman–Crippen LogP) is 3.12. The number of nitrogens with two attached hydrogens (primary N) is 1. The highest BCUT2D eigenvalue weighted by Gasteiger charge is 1.98. The Hall–Kier alpha value is -1.48. The quantitative estimate of drug-likeness (QED) is 0.838. The third-order valence-corrected chi connectivity index (χ3v) is 2.88. The summed E-state index contributed by atoms with van der Waals surface area (Å²) in [5, 5.41) is 0.931. The third kappa shape index (κ3) is 2.73. The summed E-state index contributed by atoms with van der Waals surface area (Å²) in [5.41, 5.74) is 6.87. The van der Waals surface area contributed by atoms with Gasteiger partial charge in [0.05, 0.1) is 0 Å². The second-order valence-electron chi connectivity index (χ2n) is 3.32. The second kappa shape index (κ2) is 4.36. The van der Waals surface area contributed by atoms with E-state index in [0.717, 1.165) is 5.03 Å². The van der Waals surface area contributed by atoms with Crippen LogP contribution in [0.1, 0.15) is 5.56 Å². The van der Waals surface area contributed by atoms with Crippen LogP contribution in [0.4, 0.5) is 5.82 Å². The van der Waals surface area contributed by atoms with Crippen LogP contribution in [-0.4, -0.2) is 4.98 Å². The van der Waals surface area contributed by atoms with Crippen molar-refractivity contribution in [3.8, 4) is 0 Å². The average molecular weight is 216 g/mol. The van der Waals surface area contributed by atoms with E-state index in [1.165, 1.54) is 10.5 Å². The van der Waals surface area contributed by atoms with Crippen LogP contribution >= 0.6 is 11.8 Å². The molecule has 0 amide bonds. The largest absolute Gasteiger partial charge is 0.384 e. The van der Waals surface area contributed by atoms with Gasteiger partial charge in [-0.15, -0.1) is 0 Å². The number of pyridine rings is 1. The summed E-state index contributed by atoms with van der Waals surface area (Å²) in [7, 11) is 0. The number of aromatic nitrogens is 1. The van der Waals surface area contributed by atoms with Gasteiger partial charge in [-0.05, 0) is 31.2 Å². The zero-order valence-corrected chi connectivity index (χ0v) is 9.29. The fourth-order valence-corrected chi connectivity index (χ4v) is 2.22. The van der Waals surface area contributed by atoms with E-state index >= 15 is 0 Å². The minimum Gasteiger partial charge on any atom is -0.384 e. The molecule has 2 N–H and O–H groups in total. The van der Waals surface area contributed by atoms with Gasteiger partial charge in [0.2, 0.25) is 0 Å². The van der Waals surface area contributed by atoms with Gasteiger partial charge in [-0.3, -0.25) is 0 Å². The highest BCUT2D eigenvalue weighted by atomic mass is 32.2. The van der Waals surface area contributed by atoms with Gasteiger partial charge < -0.3 is 5.73 Å². The molecule has 2 aromatic rings. The number of anilines is 1. The monoisotopic (exact) mass is 216 g/mol. The highest BCUT2D eigenvalue weighted by molar-refractivity contribution is 7.99. The van der Waals surface area contributed by atoms with Crippen molar-refractivity contribution < 1.29 is 0 Å². The fourth-order valence-electron chi connectivity index (χ4n) is 1.29. The van der Waals surface area contributed by atoms with Crippen LogP contribution in [0.2, 0.25) is 0 Å². The van der Waals surface area contributed by atoms with E-state index in [4.69, 9.17) is 5.73 Å². The smallest absolute Gasteiger partial charge is 0.124 e. The Bertz CT molecular complexity index is 425. The Morgan fingerprint density at radius 2 is 1.93 bits per heavy atom. The molecule has 0 unspecified atom stereocenters. The van der Waals surface area contributed by atoms with Gasteiger partial charge >= 0.3 is 0 Å². The Labute approximate surface area is 93.5 Å². The van der Waals surface area contributed by atoms with Crippen molar-refractivity contribution in [1.82, 2.24) is 4.98 Å². The first-order chi connectivity index (χ1) is 7.24. The molecule has 0 atom stereocenters. The number of nitrogens with zero attached hydrogens (tertiary/aromatic N) is 1. The number of aryl methyl sites for hydroxylation is 1. The Balaban J connectivity index is 2.22. The lowest BCUT2D eigenvalue weighted by Crippen LogP contribution is -1.89. The molecule has 0 bridgehead atoms. The third-order valence-electron chi connectivity index (χ3n) is 1.96. The topological polar surface area (TPSA) is 38.9 Å².